The lowest BCUT2D eigenvalue weighted by atomic mass is 10.1. The van der Waals surface area contributed by atoms with Crippen molar-refractivity contribution in [3.8, 4) is 5.75 Å². The monoisotopic (exact) mass is 344 g/mol. The lowest BCUT2D eigenvalue weighted by Crippen LogP contribution is -2.29. The van der Waals surface area contributed by atoms with Crippen molar-refractivity contribution in [1.82, 2.24) is 0 Å². The normalized spacial score (nSPS) is 12.0. The van der Waals surface area contributed by atoms with Gasteiger partial charge in [-0.3, -0.25) is 0 Å². The maximum Gasteiger partial charge on any atom is 0.345 e. The van der Waals surface area contributed by atoms with Crippen LogP contribution in [0.2, 0.25) is 15.1 Å². The number of carboxylic acid groups (broad SMARTS) is 1. The molecule has 0 spiro atoms. The van der Waals surface area contributed by atoms with Crippen LogP contribution in [0.1, 0.15) is 5.56 Å². The number of hydrogen-bond donors (Lipinski definition) is 1. The number of benzene rings is 2. The number of aliphatic carboxylic acids is 1. The summed E-state index contributed by atoms with van der Waals surface area (Å²) in [4.78, 5) is 11.4. The van der Waals surface area contributed by atoms with Gasteiger partial charge in [0.2, 0.25) is 0 Å². The molecule has 0 radical (unpaired) electrons. The summed E-state index contributed by atoms with van der Waals surface area (Å²) in [6.07, 6.45) is -0.958. The minimum Gasteiger partial charge on any atom is -0.478 e. The Kier molecular flexibility index (Phi) is 5.34. The summed E-state index contributed by atoms with van der Waals surface area (Å²) in [6.45, 7) is 0. The molecule has 0 heterocycles. The van der Waals surface area contributed by atoms with Crippen LogP contribution < -0.4 is 4.74 Å². The van der Waals surface area contributed by atoms with Crippen molar-refractivity contribution in [3.63, 3.8) is 0 Å². The van der Waals surface area contributed by atoms with E-state index in [0.717, 1.165) is 0 Å². The van der Waals surface area contributed by atoms with E-state index < -0.39 is 12.1 Å². The summed E-state index contributed by atoms with van der Waals surface area (Å²) < 4.78 is 5.47. The van der Waals surface area contributed by atoms with E-state index in [1.165, 1.54) is 0 Å². The molecule has 0 aliphatic rings. The summed E-state index contributed by atoms with van der Waals surface area (Å²) in [5, 5.41) is 10.5. The van der Waals surface area contributed by atoms with Crippen LogP contribution in [0.5, 0.6) is 5.75 Å². The highest BCUT2D eigenvalue weighted by Crippen LogP contribution is 2.26. The Bertz CT molecular complexity index is 638. The van der Waals surface area contributed by atoms with E-state index in [9.17, 15) is 9.90 Å². The zero-order chi connectivity index (χ0) is 15.4. The molecule has 0 saturated carbocycles. The molecule has 0 aliphatic carbocycles. The lowest BCUT2D eigenvalue weighted by molar-refractivity contribution is -0.145. The minimum absolute atomic E-state index is 0.126. The lowest BCUT2D eigenvalue weighted by Gasteiger charge is -2.16. The SMILES string of the molecule is O=C(O)[C@@H](Cc1cc(Cl)cc(Cl)c1)Oc1ccccc1Cl. The van der Waals surface area contributed by atoms with Crippen molar-refractivity contribution < 1.29 is 14.6 Å². The molecule has 110 valence electrons. The van der Waals surface area contributed by atoms with Crippen molar-refractivity contribution in [3.05, 3.63) is 63.1 Å². The molecule has 0 saturated heterocycles. The zero-order valence-electron chi connectivity index (χ0n) is 10.7. The quantitative estimate of drug-likeness (QED) is 0.852. The average molecular weight is 346 g/mol. The maximum atomic E-state index is 11.4. The van der Waals surface area contributed by atoms with Crippen LogP contribution >= 0.6 is 34.8 Å². The largest absolute Gasteiger partial charge is 0.478 e. The first-order valence-corrected chi connectivity index (χ1v) is 7.18. The van der Waals surface area contributed by atoms with Gasteiger partial charge in [0.1, 0.15) is 5.75 Å². The fraction of sp³-hybridized carbons (Fsp3) is 0.133. The van der Waals surface area contributed by atoms with Crippen LogP contribution in [0.15, 0.2) is 42.5 Å². The third-order valence-corrected chi connectivity index (χ3v) is 3.47. The van der Waals surface area contributed by atoms with Gasteiger partial charge in [-0.25, -0.2) is 4.79 Å². The Balaban J connectivity index is 2.20. The molecule has 2 rings (SSSR count). The molecule has 1 atom stereocenters. The first kappa shape index (κ1) is 16.0. The molecule has 0 unspecified atom stereocenters. The first-order valence-electron chi connectivity index (χ1n) is 6.04. The molecular weight excluding hydrogens is 335 g/mol. The van der Waals surface area contributed by atoms with E-state index >= 15 is 0 Å². The highest BCUT2D eigenvalue weighted by Gasteiger charge is 2.21. The molecule has 2 aromatic carbocycles. The van der Waals surface area contributed by atoms with Crippen molar-refractivity contribution in [2.45, 2.75) is 12.5 Å². The van der Waals surface area contributed by atoms with Gasteiger partial charge in [-0.1, -0.05) is 46.9 Å². The Morgan fingerprint density at radius 1 is 1.10 bits per heavy atom. The summed E-state index contributed by atoms with van der Waals surface area (Å²) in [5.74, 6) is -0.772. The fourth-order valence-electron chi connectivity index (χ4n) is 1.82. The van der Waals surface area contributed by atoms with Crippen molar-refractivity contribution in [1.29, 1.82) is 0 Å². The first-order chi connectivity index (χ1) is 9.95. The van der Waals surface area contributed by atoms with E-state index in [1.807, 2.05) is 0 Å². The van der Waals surface area contributed by atoms with Gasteiger partial charge in [-0.05, 0) is 35.9 Å². The zero-order valence-corrected chi connectivity index (χ0v) is 13.0. The summed E-state index contributed by atoms with van der Waals surface area (Å²) >= 11 is 17.8. The highest BCUT2D eigenvalue weighted by molar-refractivity contribution is 6.34. The summed E-state index contributed by atoms with van der Waals surface area (Å²) in [7, 11) is 0. The van der Waals surface area contributed by atoms with Gasteiger partial charge in [-0.2, -0.15) is 0 Å². The number of carboxylic acids is 1. The molecule has 1 N–H and O–H groups in total. The van der Waals surface area contributed by atoms with Gasteiger partial charge in [0.05, 0.1) is 5.02 Å². The molecule has 2 aromatic rings. The second-order valence-corrected chi connectivity index (χ2v) is 5.64. The number of ether oxygens (including phenoxy) is 1. The van der Waals surface area contributed by atoms with E-state index in [-0.39, 0.29) is 6.42 Å². The Hall–Kier alpha value is -1.42. The van der Waals surface area contributed by atoms with Crippen LogP contribution in [0.4, 0.5) is 0 Å². The van der Waals surface area contributed by atoms with Gasteiger partial charge >= 0.3 is 5.97 Å². The van der Waals surface area contributed by atoms with Gasteiger partial charge in [0, 0.05) is 16.5 Å². The minimum atomic E-state index is -1.09. The molecule has 0 aromatic heterocycles. The molecule has 6 heteroatoms. The molecular formula is C15H11Cl3O3. The van der Waals surface area contributed by atoms with Crippen LogP contribution in [-0.4, -0.2) is 17.2 Å². The summed E-state index contributed by atoms with van der Waals surface area (Å²) in [5.41, 5.74) is 0.673. The smallest absolute Gasteiger partial charge is 0.345 e. The predicted molar refractivity (Wildman–Crippen MR) is 83.7 cm³/mol. The fourth-order valence-corrected chi connectivity index (χ4v) is 2.57. The van der Waals surface area contributed by atoms with Crippen molar-refractivity contribution >= 4 is 40.8 Å². The van der Waals surface area contributed by atoms with Gasteiger partial charge < -0.3 is 9.84 Å². The number of para-hydroxylation sites is 1. The van der Waals surface area contributed by atoms with E-state index in [4.69, 9.17) is 39.5 Å². The second kappa shape index (κ2) is 7.03. The van der Waals surface area contributed by atoms with E-state index in [2.05, 4.69) is 0 Å². The molecule has 0 bridgehead atoms. The molecule has 0 aliphatic heterocycles. The van der Waals surface area contributed by atoms with Gasteiger partial charge in [-0.15, -0.1) is 0 Å². The molecule has 21 heavy (non-hydrogen) atoms. The number of hydrogen-bond acceptors (Lipinski definition) is 2. The Morgan fingerprint density at radius 3 is 2.29 bits per heavy atom. The van der Waals surface area contributed by atoms with Crippen LogP contribution in [0.3, 0.4) is 0 Å². The number of rotatable bonds is 5. The third-order valence-electron chi connectivity index (χ3n) is 2.72. The van der Waals surface area contributed by atoms with E-state index in [1.54, 1.807) is 42.5 Å². The van der Waals surface area contributed by atoms with Crippen LogP contribution in [0.25, 0.3) is 0 Å². The van der Waals surface area contributed by atoms with Gasteiger partial charge in [0.15, 0.2) is 6.10 Å². The highest BCUT2D eigenvalue weighted by atomic mass is 35.5. The number of carbonyl (C=O) groups is 1. The van der Waals surface area contributed by atoms with E-state index in [0.29, 0.717) is 26.4 Å². The Morgan fingerprint density at radius 2 is 1.71 bits per heavy atom. The van der Waals surface area contributed by atoms with Crippen LogP contribution in [-0.2, 0) is 11.2 Å². The molecule has 0 fully saturated rings. The Labute approximate surface area is 137 Å². The number of halogens is 3. The van der Waals surface area contributed by atoms with Crippen LogP contribution in [0, 0.1) is 0 Å². The third kappa shape index (κ3) is 4.53. The van der Waals surface area contributed by atoms with Crippen molar-refractivity contribution in [2.24, 2.45) is 0 Å². The van der Waals surface area contributed by atoms with Gasteiger partial charge in [0.25, 0.3) is 0 Å². The molecule has 0 amide bonds. The molecule has 3 nitrogen and oxygen atoms in total. The average Bonchev–Trinajstić information content (AvgIpc) is 2.39. The topological polar surface area (TPSA) is 46.5 Å². The standard InChI is InChI=1S/C15H11Cl3O3/c16-10-5-9(6-11(17)8-10)7-14(15(19)20)21-13-4-2-1-3-12(13)18/h1-6,8,14H,7H2,(H,19,20)/t14-/m1/s1. The predicted octanol–water partition coefficient (Wildman–Crippen LogP) is 4.72. The maximum absolute atomic E-state index is 11.4. The second-order valence-electron chi connectivity index (χ2n) is 4.36. The van der Waals surface area contributed by atoms with Crippen molar-refractivity contribution in [2.75, 3.05) is 0 Å². The summed E-state index contributed by atoms with van der Waals surface area (Å²) in [6, 6.07) is 11.6.